The molecule has 2 nitrogen and oxygen atoms in total. The molecule has 1 aliphatic rings. The van der Waals surface area contributed by atoms with E-state index in [1.807, 2.05) is 0 Å². The molecule has 1 heterocycles. The summed E-state index contributed by atoms with van der Waals surface area (Å²) in [4.78, 5) is 0. The summed E-state index contributed by atoms with van der Waals surface area (Å²) in [5, 5.41) is 3.02. The molecule has 0 aromatic carbocycles. The van der Waals surface area contributed by atoms with Crippen molar-refractivity contribution in [3.63, 3.8) is 0 Å². The Morgan fingerprint density at radius 2 is 2.22 bits per heavy atom. The van der Waals surface area contributed by atoms with Crippen molar-refractivity contribution in [2.75, 3.05) is 0 Å². The van der Waals surface area contributed by atoms with Gasteiger partial charge in [-0.1, -0.05) is 13.2 Å². The minimum Gasteiger partial charge on any atom is -0.362 e. The second kappa shape index (κ2) is 2.23. The Kier molecular flexibility index (Phi) is 1.58. The molecule has 0 aliphatic carbocycles. The Morgan fingerprint density at radius 3 is 2.67 bits per heavy atom. The standard InChI is InChI=1S/C7H12N2/c1-5-3-4-7(8)6(2)9-5/h7,9H,1-4,8H2. The SMILES string of the molecule is C=C1CCC(N)C(=C)N1. The summed E-state index contributed by atoms with van der Waals surface area (Å²) in [5.41, 5.74) is 7.56. The van der Waals surface area contributed by atoms with Crippen molar-refractivity contribution in [1.29, 1.82) is 0 Å². The van der Waals surface area contributed by atoms with Gasteiger partial charge in [-0.3, -0.25) is 0 Å². The molecule has 1 unspecified atom stereocenters. The number of nitrogens with two attached hydrogens (primary N) is 1. The number of nitrogens with one attached hydrogen (secondary N) is 1. The zero-order valence-electron chi connectivity index (χ0n) is 5.48. The summed E-state index contributed by atoms with van der Waals surface area (Å²) in [6.45, 7) is 7.52. The summed E-state index contributed by atoms with van der Waals surface area (Å²) in [5.74, 6) is 0. The molecular formula is C7H12N2. The first-order valence-electron chi connectivity index (χ1n) is 3.09. The van der Waals surface area contributed by atoms with Crippen LogP contribution in [-0.2, 0) is 0 Å². The van der Waals surface area contributed by atoms with E-state index >= 15 is 0 Å². The minimum atomic E-state index is 0.121. The molecule has 50 valence electrons. The van der Waals surface area contributed by atoms with Gasteiger partial charge in [0.05, 0.1) is 0 Å². The lowest BCUT2D eigenvalue weighted by Gasteiger charge is -2.23. The molecule has 1 atom stereocenters. The Bertz CT molecular complexity index is 149. The van der Waals surface area contributed by atoms with E-state index in [1.165, 1.54) is 0 Å². The number of allylic oxidation sites excluding steroid dienone is 1. The molecule has 2 heteroatoms. The number of hydrogen-bond acceptors (Lipinski definition) is 2. The molecule has 0 aromatic heterocycles. The largest absolute Gasteiger partial charge is 0.362 e. The third-order valence-electron chi connectivity index (χ3n) is 1.54. The van der Waals surface area contributed by atoms with Gasteiger partial charge in [0.1, 0.15) is 0 Å². The van der Waals surface area contributed by atoms with Crippen LogP contribution in [0.25, 0.3) is 0 Å². The van der Waals surface area contributed by atoms with Gasteiger partial charge in [0, 0.05) is 17.4 Å². The van der Waals surface area contributed by atoms with Crippen molar-refractivity contribution in [3.05, 3.63) is 24.6 Å². The molecule has 0 amide bonds. The molecule has 1 fully saturated rings. The fraction of sp³-hybridized carbons (Fsp3) is 0.429. The molecule has 0 bridgehead atoms. The van der Waals surface area contributed by atoms with E-state index in [2.05, 4.69) is 18.5 Å². The average Bonchev–Trinajstić information content (AvgIpc) is 1.80. The topological polar surface area (TPSA) is 38.0 Å². The maximum Gasteiger partial charge on any atom is 0.0445 e. The smallest absolute Gasteiger partial charge is 0.0445 e. The molecule has 1 saturated heterocycles. The van der Waals surface area contributed by atoms with Crippen molar-refractivity contribution >= 4 is 0 Å². The van der Waals surface area contributed by atoms with Gasteiger partial charge in [-0.2, -0.15) is 0 Å². The van der Waals surface area contributed by atoms with Gasteiger partial charge in [0.2, 0.25) is 0 Å². The lowest BCUT2D eigenvalue weighted by atomic mass is 10.0. The van der Waals surface area contributed by atoms with Gasteiger partial charge < -0.3 is 11.1 Å². The van der Waals surface area contributed by atoms with Crippen LogP contribution >= 0.6 is 0 Å². The van der Waals surface area contributed by atoms with Crippen LogP contribution in [0.15, 0.2) is 24.6 Å². The molecule has 1 aliphatic heterocycles. The lowest BCUT2D eigenvalue weighted by molar-refractivity contribution is 0.586. The summed E-state index contributed by atoms with van der Waals surface area (Å²) >= 11 is 0. The van der Waals surface area contributed by atoms with Crippen LogP contribution in [0.4, 0.5) is 0 Å². The van der Waals surface area contributed by atoms with Crippen molar-refractivity contribution < 1.29 is 0 Å². The van der Waals surface area contributed by atoms with Crippen LogP contribution in [-0.4, -0.2) is 6.04 Å². The van der Waals surface area contributed by atoms with Crippen LogP contribution in [0, 0.1) is 0 Å². The quantitative estimate of drug-likeness (QED) is 0.499. The normalized spacial score (nSPS) is 27.9. The molecule has 0 saturated carbocycles. The third kappa shape index (κ3) is 1.33. The van der Waals surface area contributed by atoms with Crippen molar-refractivity contribution in [3.8, 4) is 0 Å². The minimum absolute atomic E-state index is 0.121. The number of piperidine rings is 1. The van der Waals surface area contributed by atoms with Crippen LogP contribution in [0.2, 0.25) is 0 Å². The first-order chi connectivity index (χ1) is 4.20. The Balaban J connectivity index is 2.54. The maximum absolute atomic E-state index is 5.64. The third-order valence-corrected chi connectivity index (χ3v) is 1.54. The Hall–Kier alpha value is -0.760. The van der Waals surface area contributed by atoms with Crippen LogP contribution in [0.1, 0.15) is 12.8 Å². The van der Waals surface area contributed by atoms with Gasteiger partial charge in [-0.25, -0.2) is 0 Å². The molecule has 0 spiro atoms. The predicted octanol–water partition coefficient (Wildman–Crippen LogP) is 0.725. The second-order valence-corrected chi connectivity index (χ2v) is 2.40. The highest BCUT2D eigenvalue weighted by atomic mass is 14.9. The summed E-state index contributed by atoms with van der Waals surface area (Å²) in [6, 6.07) is 0.121. The number of hydrogen-bond donors (Lipinski definition) is 2. The van der Waals surface area contributed by atoms with E-state index in [0.717, 1.165) is 24.2 Å². The van der Waals surface area contributed by atoms with Gasteiger partial charge in [0.25, 0.3) is 0 Å². The first-order valence-corrected chi connectivity index (χ1v) is 3.09. The fourth-order valence-electron chi connectivity index (χ4n) is 0.886. The van der Waals surface area contributed by atoms with Gasteiger partial charge in [-0.05, 0) is 12.8 Å². The monoisotopic (exact) mass is 124 g/mol. The van der Waals surface area contributed by atoms with Crippen LogP contribution < -0.4 is 11.1 Å². The first kappa shape index (κ1) is 6.36. The average molecular weight is 124 g/mol. The van der Waals surface area contributed by atoms with Gasteiger partial charge in [-0.15, -0.1) is 0 Å². The van der Waals surface area contributed by atoms with E-state index in [-0.39, 0.29) is 6.04 Å². The van der Waals surface area contributed by atoms with Crippen molar-refractivity contribution in [1.82, 2.24) is 5.32 Å². The van der Waals surface area contributed by atoms with Gasteiger partial charge in [0.15, 0.2) is 0 Å². The number of rotatable bonds is 0. The zero-order valence-corrected chi connectivity index (χ0v) is 5.48. The summed E-state index contributed by atoms with van der Waals surface area (Å²) in [6.07, 6.45) is 1.95. The van der Waals surface area contributed by atoms with E-state index in [9.17, 15) is 0 Å². The Labute approximate surface area is 55.4 Å². The molecule has 9 heavy (non-hydrogen) atoms. The summed E-state index contributed by atoms with van der Waals surface area (Å²) < 4.78 is 0. The van der Waals surface area contributed by atoms with E-state index < -0.39 is 0 Å². The van der Waals surface area contributed by atoms with E-state index in [0.29, 0.717) is 0 Å². The van der Waals surface area contributed by atoms with Gasteiger partial charge >= 0.3 is 0 Å². The van der Waals surface area contributed by atoms with E-state index in [4.69, 9.17) is 5.73 Å². The van der Waals surface area contributed by atoms with Crippen LogP contribution in [0.5, 0.6) is 0 Å². The van der Waals surface area contributed by atoms with Crippen LogP contribution in [0.3, 0.4) is 0 Å². The van der Waals surface area contributed by atoms with Crippen molar-refractivity contribution in [2.24, 2.45) is 5.73 Å². The Morgan fingerprint density at radius 1 is 1.56 bits per heavy atom. The maximum atomic E-state index is 5.64. The highest BCUT2D eigenvalue weighted by molar-refractivity contribution is 5.15. The highest BCUT2D eigenvalue weighted by Crippen LogP contribution is 2.13. The zero-order chi connectivity index (χ0) is 6.85. The highest BCUT2D eigenvalue weighted by Gasteiger charge is 2.13. The molecule has 0 aromatic rings. The lowest BCUT2D eigenvalue weighted by Crippen LogP contribution is -2.34. The molecule has 1 rings (SSSR count). The molecule has 3 N–H and O–H groups in total. The second-order valence-electron chi connectivity index (χ2n) is 2.40. The summed E-state index contributed by atoms with van der Waals surface area (Å²) in [7, 11) is 0. The molecule has 0 radical (unpaired) electrons. The van der Waals surface area contributed by atoms with Crippen molar-refractivity contribution in [2.45, 2.75) is 18.9 Å². The fourth-order valence-corrected chi connectivity index (χ4v) is 0.886. The predicted molar refractivity (Wildman–Crippen MR) is 38.6 cm³/mol. The molecular weight excluding hydrogens is 112 g/mol. The van der Waals surface area contributed by atoms with E-state index in [1.54, 1.807) is 0 Å².